The number of anilines is 2. The van der Waals surface area contributed by atoms with Crippen LogP contribution in [0.4, 0.5) is 24.7 Å². The van der Waals surface area contributed by atoms with Crippen LogP contribution in [-0.2, 0) is 12.8 Å². The number of halogens is 3. The molecule has 0 atom stereocenters. The zero-order valence-electron chi connectivity index (χ0n) is 18.0. The lowest BCUT2D eigenvalue weighted by molar-refractivity contribution is -0.137. The number of rotatable bonds is 6. The molecule has 1 fully saturated rings. The van der Waals surface area contributed by atoms with Gasteiger partial charge < -0.3 is 9.64 Å². The third-order valence-corrected chi connectivity index (χ3v) is 5.91. The van der Waals surface area contributed by atoms with Crippen LogP contribution >= 0.6 is 0 Å². The second kappa shape index (κ2) is 9.59. The van der Waals surface area contributed by atoms with E-state index in [2.05, 4.69) is 16.0 Å². The molecule has 4 nitrogen and oxygen atoms in total. The third kappa shape index (κ3) is 5.21. The van der Waals surface area contributed by atoms with Crippen LogP contribution in [0.1, 0.15) is 54.7 Å². The largest absolute Gasteiger partial charge is 0.459 e. The van der Waals surface area contributed by atoms with Gasteiger partial charge in [0.25, 0.3) is 0 Å². The van der Waals surface area contributed by atoms with Gasteiger partial charge in [-0.3, -0.25) is 0 Å². The van der Waals surface area contributed by atoms with E-state index in [9.17, 15) is 13.2 Å². The van der Waals surface area contributed by atoms with E-state index in [0.29, 0.717) is 11.6 Å². The molecule has 0 aliphatic heterocycles. The fraction of sp³-hybridized carbons (Fsp3) is 0.360. The lowest BCUT2D eigenvalue weighted by Gasteiger charge is -2.26. The van der Waals surface area contributed by atoms with Gasteiger partial charge in [-0.15, -0.1) is 0 Å². The van der Waals surface area contributed by atoms with Crippen molar-refractivity contribution in [2.24, 2.45) is 0 Å². The molecule has 1 heterocycles. The van der Waals surface area contributed by atoms with Crippen LogP contribution in [0.2, 0.25) is 0 Å². The van der Waals surface area contributed by atoms with Crippen molar-refractivity contribution in [3.63, 3.8) is 0 Å². The highest BCUT2D eigenvalue weighted by Gasteiger charge is 2.37. The maximum Gasteiger partial charge on any atom is 0.421 e. The molecule has 1 aliphatic rings. The van der Waals surface area contributed by atoms with Gasteiger partial charge in [0.15, 0.2) is 5.82 Å². The molecule has 1 saturated carbocycles. The normalized spacial score (nSPS) is 14.9. The summed E-state index contributed by atoms with van der Waals surface area (Å²) in [5.41, 5.74) is 1.81. The van der Waals surface area contributed by atoms with Crippen molar-refractivity contribution in [3.05, 3.63) is 77.5 Å². The van der Waals surface area contributed by atoms with Crippen molar-refractivity contribution < 1.29 is 17.9 Å². The summed E-state index contributed by atoms with van der Waals surface area (Å²) in [6.45, 7) is 0.173. The van der Waals surface area contributed by atoms with Crippen LogP contribution in [0.25, 0.3) is 0 Å². The summed E-state index contributed by atoms with van der Waals surface area (Å²) in [5.74, 6) is 0.228. The Bertz CT molecular complexity index is 1030. The predicted molar refractivity (Wildman–Crippen MR) is 118 cm³/mol. The van der Waals surface area contributed by atoms with Crippen molar-refractivity contribution >= 4 is 11.5 Å². The van der Waals surface area contributed by atoms with E-state index in [4.69, 9.17) is 4.74 Å². The fourth-order valence-corrected chi connectivity index (χ4v) is 4.15. The summed E-state index contributed by atoms with van der Waals surface area (Å²) < 4.78 is 46.8. The van der Waals surface area contributed by atoms with Crippen molar-refractivity contribution in [2.45, 2.75) is 50.8 Å². The third-order valence-electron chi connectivity index (χ3n) is 5.91. The number of aromatic nitrogens is 2. The molecular weight excluding hydrogens is 415 g/mol. The summed E-state index contributed by atoms with van der Waals surface area (Å²) >= 11 is 0. The van der Waals surface area contributed by atoms with Crippen molar-refractivity contribution in [2.75, 3.05) is 11.9 Å². The Hall–Kier alpha value is -3.09. The van der Waals surface area contributed by atoms with Crippen LogP contribution in [0.3, 0.4) is 0 Å². The molecule has 7 heteroatoms. The smallest absolute Gasteiger partial charge is 0.421 e. The number of alkyl halides is 3. The van der Waals surface area contributed by atoms with Crippen LogP contribution in [0.5, 0.6) is 6.01 Å². The first-order valence-electron chi connectivity index (χ1n) is 10.9. The molecule has 1 aromatic heterocycles. The number of nitrogens with zero attached hydrogens (tertiary/aromatic N) is 3. The molecule has 0 amide bonds. The zero-order valence-corrected chi connectivity index (χ0v) is 18.0. The SMILES string of the molecule is CN(c1cccc(C2CCCCC2)c1)c1nc(OCc2ccccc2)ncc1C(F)(F)F. The standard InChI is InChI=1S/C25H26F3N3O/c1-31(21-14-8-13-20(15-21)19-11-6-3-7-12-19)23-22(25(26,27)28)16-29-24(30-23)32-17-18-9-4-2-5-10-18/h2,4-5,8-10,13-16,19H,3,6-7,11-12,17H2,1H3. The van der Waals surface area contributed by atoms with E-state index >= 15 is 0 Å². The van der Waals surface area contributed by atoms with Crippen molar-refractivity contribution in [1.82, 2.24) is 9.97 Å². The van der Waals surface area contributed by atoms with Gasteiger partial charge >= 0.3 is 12.2 Å². The monoisotopic (exact) mass is 441 g/mol. The first kappa shape index (κ1) is 22.1. The Morgan fingerprint density at radius 3 is 2.47 bits per heavy atom. The molecule has 0 N–H and O–H groups in total. The maximum absolute atomic E-state index is 13.7. The number of hydrogen-bond acceptors (Lipinski definition) is 4. The Kier molecular flexibility index (Phi) is 6.63. The topological polar surface area (TPSA) is 38.2 Å². The van der Waals surface area contributed by atoms with Crippen molar-refractivity contribution in [1.29, 1.82) is 0 Å². The van der Waals surface area contributed by atoms with Gasteiger partial charge in [-0.2, -0.15) is 18.2 Å². The summed E-state index contributed by atoms with van der Waals surface area (Å²) in [7, 11) is 1.60. The number of hydrogen-bond donors (Lipinski definition) is 0. The molecule has 0 bridgehead atoms. The molecule has 1 aliphatic carbocycles. The minimum absolute atomic E-state index is 0.0906. The summed E-state index contributed by atoms with van der Waals surface area (Å²) in [4.78, 5) is 9.42. The van der Waals surface area contributed by atoms with Crippen LogP contribution in [0, 0.1) is 0 Å². The van der Waals surface area contributed by atoms with Gasteiger partial charge in [0.2, 0.25) is 0 Å². The first-order chi connectivity index (χ1) is 15.4. The second-order valence-electron chi connectivity index (χ2n) is 8.15. The molecule has 4 rings (SSSR count). The molecular formula is C25H26F3N3O. The van der Waals surface area contributed by atoms with E-state index in [0.717, 1.165) is 30.2 Å². The molecule has 0 radical (unpaired) electrons. The molecule has 168 valence electrons. The Balaban J connectivity index is 1.62. The zero-order chi connectivity index (χ0) is 22.6. The summed E-state index contributed by atoms with van der Waals surface area (Å²) in [6, 6.07) is 17.0. The van der Waals surface area contributed by atoms with Gasteiger partial charge in [-0.1, -0.05) is 61.7 Å². The minimum Gasteiger partial charge on any atom is -0.459 e. The van der Waals surface area contributed by atoms with Gasteiger partial charge in [0, 0.05) is 18.9 Å². The quantitative estimate of drug-likeness (QED) is 0.417. The van der Waals surface area contributed by atoms with E-state index in [1.165, 1.54) is 24.2 Å². The van der Waals surface area contributed by atoms with Crippen LogP contribution in [-0.4, -0.2) is 17.0 Å². The van der Waals surface area contributed by atoms with E-state index in [1.54, 1.807) is 13.1 Å². The fourth-order valence-electron chi connectivity index (χ4n) is 4.15. The average Bonchev–Trinajstić information content (AvgIpc) is 2.83. The Labute approximate surface area is 186 Å². The number of benzene rings is 2. The van der Waals surface area contributed by atoms with Gasteiger partial charge in [0.05, 0.1) is 0 Å². The van der Waals surface area contributed by atoms with Gasteiger partial charge in [-0.25, -0.2) is 4.98 Å². The second-order valence-corrected chi connectivity index (χ2v) is 8.15. The first-order valence-corrected chi connectivity index (χ1v) is 10.9. The van der Waals surface area contributed by atoms with Crippen LogP contribution in [0.15, 0.2) is 60.8 Å². The molecule has 0 unspecified atom stereocenters. The lowest BCUT2D eigenvalue weighted by Crippen LogP contribution is -2.19. The minimum atomic E-state index is -4.58. The average molecular weight is 441 g/mol. The van der Waals surface area contributed by atoms with Gasteiger partial charge in [0.1, 0.15) is 12.2 Å². The predicted octanol–water partition coefficient (Wildman–Crippen LogP) is 6.89. The molecule has 0 spiro atoms. The lowest BCUT2D eigenvalue weighted by atomic mass is 9.84. The van der Waals surface area contributed by atoms with Gasteiger partial charge in [-0.05, 0) is 42.0 Å². The van der Waals surface area contributed by atoms with E-state index < -0.39 is 11.7 Å². The molecule has 2 aromatic carbocycles. The molecule has 0 saturated heterocycles. The highest BCUT2D eigenvalue weighted by Crippen LogP contribution is 2.39. The van der Waals surface area contributed by atoms with Crippen molar-refractivity contribution in [3.8, 4) is 6.01 Å². The highest BCUT2D eigenvalue weighted by atomic mass is 19.4. The highest BCUT2D eigenvalue weighted by molar-refractivity contribution is 5.63. The summed E-state index contributed by atoms with van der Waals surface area (Å²) in [5, 5.41) is 0. The number of ether oxygens (including phenoxy) is 1. The Morgan fingerprint density at radius 1 is 1.00 bits per heavy atom. The molecule has 32 heavy (non-hydrogen) atoms. The van der Waals surface area contributed by atoms with E-state index in [-0.39, 0.29) is 18.4 Å². The maximum atomic E-state index is 13.7. The Morgan fingerprint density at radius 2 is 1.75 bits per heavy atom. The van der Waals surface area contributed by atoms with E-state index in [1.807, 2.05) is 42.5 Å². The summed E-state index contributed by atoms with van der Waals surface area (Å²) in [6.07, 6.45) is 2.08. The van der Waals surface area contributed by atoms with Crippen LogP contribution < -0.4 is 9.64 Å². The molecule has 3 aromatic rings.